The van der Waals surface area contributed by atoms with Crippen LogP contribution in [-0.4, -0.2) is 54.7 Å². The molecule has 0 bridgehead atoms. The first-order valence-electron chi connectivity index (χ1n) is 12.0. The zero-order chi connectivity index (χ0) is 24.0. The van der Waals surface area contributed by atoms with E-state index in [1.54, 1.807) is 6.07 Å². The monoisotopic (exact) mass is 478 g/mol. The van der Waals surface area contributed by atoms with Crippen LogP contribution in [0.25, 0.3) is 0 Å². The molecule has 1 atom stereocenters. The Morgan fingerprint density at radius 2 is 1.68 bits per heavy atom. The van der Waals surface area contributed by atoms with E-state index in [2.05, 4.69) is 15.0 Å². The number of nitrogens with zero attached hydrogens (tertiary/aromatic N) is 1. The molecule has 1 saturated carbocycles. The molecule has 2 N–H and O–H groups in total. The van der Waals surface area contributed by atoms with E-state index in [-0.39, 0.29) is 24.0 Å². The second kappa shape index (κ2) is 11.0. The van der Waals surface area contributed by atoms with Crippen LogP contribution in [0.4, 0.5) is 13.2 Å². The maximum atomic E-state index is 13.3. The van der Waals surface area contributed by atoms with E-state index in [1.807, 2.05) is 30.3 Å². The molecular formula is C26H33F3N2O3. The normalized spacial score (nSPS) is 20.0. The first-order valence-corrected chi connectivity index (χ1v) is 12.0. The Morgan fingerprint density at radius 3 is 2.35 bits per heavy atom. The number of nitrogens with one attached hydrogen (secondary N) is 1. The van der Waals surface area contributed by atoms with Crippen LogP contribution in [-0.2, 0) is 6.61 Å². The van der Waals surface area contributed by atoms with E-state index in [0.717, 1.165) is 51.0 Å². The Morgan fingerprint density at radius 1 is 0.971 bits per heavy atom. The van der Waals surface area contributed by atoms with Gasteiger partial charge < -0.3 is 24.8 Å². The van der Waals surface area contributed by atoms with Crippen molar-refractivity contribution in [1.29, 1.82) is 0 Å². The molecule has 0 amide bonds. The maximum absolute atomic E-state index is 13.3. The second-order valence-corrected chi connectivity index (χ2v) is 9.30. The van der Waals surface area contributed by atoms with Crippen molar-refractivity contribution in [3.05, 3.63) is 59.7 Å². The zero-order valence-corrected chi connectivity index (χ0v) is 19.3. The number of rotatable bonds is 8. The van der Waals surface area contributed by atoms with Gasteiger partial charge in [0.05, 0.1) is 5.60 Å². The van der Waals surface area contributed by atoms with E-state index in [1.165, 1.54) is 12.1 Å². The molecular weight excluding hydrogens is 445 g/mol. The molecule has 0 spiro atoms. The highest BCUT2D eigenvalue weighted by Gasteiger charge is 2.40. The molecule has 8 heteroatoms. The van der Waals surface area contributed by atoms with Crippen molar-refractivity contribution in [3.8, 4) is 11.5 Å². The minimum Gasteiger partial charge on any atom is -0.485 e. The summed E-state index contributed by atoms with van der Waals surface area (Å²) in [6.07, 6.45) is -0.662. The Kier molecular flexibility index (Phi) is 8.01. The summed E-state index contributed by atoms with van der Waals surface area (Å²) in [6.45, 7) is 4.13. The van der Waals surface area contributed by atoms with Gasteiger partial charge in [-0.15, -0.1) is 13.2 Å². The third-order valence-corrected chi connectivity index (χ3v) is 6.85. The lowest BCUT2D eigenvalue weighted by molar-refractivity contribution is -0.275. The van der Waals surface area contributed by atoms with Gasteiger partial charge in [0.1, 0.15) is 6.61 Å². The fourth-order valence-electron chi connectivity index (χ4n) is 5.05. The lowest BCUT2D eigenvalue weighted by Gasteiger charge is -2.42. The van der Waals surface area contributed by atoms with Crippen molar-refractivity contribution < 1.29 is 27.8 Å². The molecule has 0 radical (unpaired) electrons. The highest BCUT2D eigenvalue weighted by molar-refractivity contribution is 5.45. The summed E-state index contributed by atoms with van der Waals surface area (Å²) < 4.78 is 49.9. The quantitative estimate of drug-likeness (QED) is 0.568. The molecule has 2 aromatic rings. The van der Waals surface area contributed by atoms with Crippen LogP contribution in [0.1, 0.15) is 49.1 Å². The van der Waals surface area contributed by atoms with Crippen molar-refractivity contribution in [2.24, 2.45) is 0 Å². The standard InChI is InChI=1S/C26H33F3N2O3/c27-26(28,29)34-24-17-21(9-10-23(24)33-19-20-7-3-1-4-8-20)22(18-31-15-13-30-14-16-31)25(32)11-5-2-6-12-25/h1,3-4,7-10,17,22,30,32H,2,5-6,11-16,18-19H2. The van der Waals surface area contributed by atoms with Gasteiger partial charge in [-0.25, -0.2) is 0 Å². The zero-order valence-electron chi connectivity index (χ0n) is 19.3. The highest BCUT2D eigenvalue weighted by atomic mass is 19.4. The predicted octanol–water partition coefficient (Wildman–Crippen LogP) is 4.85. The minimum atomic E-state index is -4.85. The fraction of sp³-hybridized carbons (Fsp3) is 0.538. The molecule has 1 saturated heterocycles. The minimum absolute atomic E-state index is 0.0292. The molecule has 0 aromatic heterocycles. The van der Waals surface area contributed by atoms with Crippen LogP contribution in [0.2, 0.25) is 0 Å². The lowest BCUT2D eigenvalue weighted by Crippen LogP contribution is -2.49. The van der Waals surface area contributed by atoms with Crippen LogP contribution in [0, 0.1) is 0 Å². The van der Waals surface area contributed by atoms with E-state index in [4.69, 9.17) is 4.74 Å². The van der Waals surface area contributed by atoms with E-state index in [9.17, 15) is 18.3 Å². The number of ether oxygens (including phenoxy) is 2. The summed E-state index contributed by atoms with van der Waals surface area (Å²) in [5.41, 5.74) is 0.539. The van der Waals surface area contributed by atoms with Gasteiger partial charge in [0, 0.05) is 38.6 Å². The van der Waals surface area contributed by atoms with Crippen molar-refractivity contribution in [3.63, 3.8) is 0 Å². The molecule has 34 heavy (non-hydrogen) atoms. The summed E-state index contributed by atoms with van der Waals surface area (Å²) in [7, 11) is 0. The lowest BCUT2D eigenvalue weighted by atomic mass is 9.72. The van der Waals surface area contributed by atoms with E-state index >= 15 is 0 Å². The van der Waals surface area contributed by atoms with Crippen molar-refractivity contribution in [2.75, 3.05) is 32.7 Å². The van der Waals surface area contributed by atoms with Crippen molar-refractivity contribution in [1.82, 2.24) is 10.2 Å². The van der Waals surface area contributed by atoms with Gasteiger partial charge in [-0.05, 0) is 36.1 Å². The van der Waals surface area contributed by atoms with Crippen LogP contribution in [0.3, 0.4) is 0 Å². The first-order chi connectivity index (χ1) is 16.3. The molecule has 5 nitrogen and oxygen atoms in total. The van der Waals surface area contributed by atoms with Gasteiger partial charge >= 0.3 is 6.36 Å². The summed E-state index contributed by atoms with van der Waals surface area (Å²) >= 11 is 0. The molecule has 1 unspecified atom stereocenters. The van der Waals surface area contributed by atoms with E-state index in [0.29, 0.717) is 24.9 Å². The van der Waals surface area contributed by atoms with Crippen LogP contribution in [0.15, 0.2) is 48.5 Å². The number of benzene rings is 2. The third-order valence-electron chi connectivity index (χ3n) is 6.85. The molecule has 1 aliphatic heterocycles. The number of alkyl halides is 3. The number of aliphatic hydroxyl groups is 1. The number of piperazine rings is 1. The van der Waals surface area contributed by atoms with Crippen molar-refractivity contribution >= 4 is 0 Å². The van der Waals surface area contributed by atoms with Gasteiger partial charge in [0.25, 0.3) is 0 Å². The summed E-state index contributed by atoms with van der Waals surface area (Å²) in [5, 5.41) is 14.9. The molecule has 186 valence electrons. The van der Waals surface area contributed by atoms with Gasteiger partial charge in [-0.3, -0.25) is 0 Å². The second-order valence-electron chi connectivity index (χ2n) is 9.30. The maximum Gasteiger partial charge on any atom is 0.573 e. The number of halogens is 3. The summed E-state index contributed by atoms with van der Waals surface area (Å²) in [4.78, 5) is 2.28. The smallest absolute Gasteiger partial charge is 0.485 e. The molecule has 1 heterocycles. The molecule has 1 aliphatic carbocycles. The summed E-state index contributed by atoms with van der Waals surface area (Å²) in [5.74, 6) is -0.656. The molecule has 4 rings (SSSR count). The number of hydrogen-bond acceptors (Lipinski definition) is 5. The van der Waals surface area contributed by atoms with Crippen molar-refractivity contribution in [2.45, 2.75) is 56.6 Å². The predicted molar refractivity (Wildman–Crippen MR) is 124 cm³/mol. The Hall–Kier alpha value is -2.29. The largest absolute Gasteiger partial charge is 0.573 e. The average molecular weight is 479 g/mol. The Bertz CT molecular complexity index is 911. The van der Waals surface area contributed by atoms with Gasteiger partial charge in [0.15, 0.2) is 11.5 Å². The number of hydrogen-bond donors (Lipinski definition) is 2. The Balaban J connectivity index is 1.63. The van der Waals surface area contributed by atoms with Crippen LogP contribution >= 0.6 is 0 Å². The molecule has 2 aliphatic rings. The van der Waals surface area contributed by atoms with Gasteiger partial charge in [-0.1, -0.05) is 55.7 Å². The first kappa shape index (κ1) is 24.8. The average Bonchev–Trinajstić information content (AvgIpc) is 2.82. The topological polar surface area (TPSA) is 54.0 Å². The molecule has 2 aromatic carbocycles. The SMILES string of the molecule is OC1(C(CN2CCNCC2)c2ccc(OCc3ccccc3)c(OC(F)(F)F)c2)CCCCC1. The van der Waals surface area contributed by atoms with Gasteiger partial charge in [0.2, 0.25) is 0 Å². The highest BCUT2D eigenvalue weighted by Crippen LogP contribution is 2.43. The Labute approximate surface area is 198 Å². The van der Waals surface area contributed by atoms with Crippen LogP contribution < -0.4 is 14.8 Å². The summed E-state index contributed by atoms with van der Waals surface area (Å²) in [6, 6.07) is 14.0. The van der Waals surface area contributed by atoms with E-state index < -0.39 is 12.0 Å². The van der Waals surface area contributed by atoms with Gasteiger partial charge in [-0.2, -0.15) is 0 Å². The third kappa shape index (κ3) is 6.64. The van der Waals surface area contributed by atoms with Crippen LogP contribution in [0.5, 0.6) is 11.5 Å². The molecule has 2 fully saturated rings. The fourth-order valence-corrected chi connectivity index (χ4v) is 5.05.